The summed E-state index contributed by atoms with van der Waals surface area (Å²) in [4.78, 5) is 13.2. The molecule has 8 heteroatoms. The predicted molar refractivity (Wildman–Crippen MR) is 97.3 cm³/mol. The monoisotopic (exact) mass is 392 g/mol. The van der Waals surface area contributed by atoms with Gasteiger partial charge in [0.15, 0.2) is 9.84 Å². The second-order valence-corrected chi connectivity index (χ2v) is 9.52. The summed E-state index contributed by atoms with van der Waals surface area (Å²) in [5, 5.41) is 12.4. The highest BCUT2D eigenvalue weighted by Gasteiger charge is 2.26. The Balaban J connectivity index is 1.78. The number of nitriles is 1. The highest BCUT2D eigenvalue weighted by molar-refractivity contribution is 7.92. The summed E-state index contributed by atoms with van der Waals surface area (Å²) < 4.78 is 37.5. The molecule has 0 spiro atoms. The van der Waals surface area contributed by atoms with E-state index in [1.54, 1.807) is 0 Å². The number of rotatable bonds is 4. The largest absolute Gasteiger partial charge is 0.316 e. The lowest BCUT2D eigenvalue weighted by atomic mass is 9.89. The molecule has 0 bridgehead atoms. The fourth-order valence-electron chi connectivity index (χ4n) is 3.02. The number of amides is 1. The van der Waals surface area contributed by atoms with Gasteiger partial charge in [-0.25, -0.2) is 12.8 Å². The van der Waals surface area contributed by atoms with Gasteiger partial charge in [0.2, 0.25) is 5.91 Å². The summed E-state index contributed by atoms with van der Waals surface area (Å²) in [5.74, 6) is -1.50. The van der Waals surface area contributed by atoms with E-state index in [1.807, 2.05) is 0 Å². The number of hydrogen-bond donors (Lipinski definition) is 1. The Labute approximate surface area is 155 Å². The van der Waals surface area contributed by atoms with Crippen molar-refractivity contribution in [1.82, 2.24) is 0 Å². The lowest BCUT2D eigenvalue weighted by Gasteiger charge is -2.17. The third-order valence-corrected chi connectivity index (χ3v) is 7.17. The smallest absolute Gasteiger partial charge is 0.240 e. The molecule has 0 aliphatic heterocycles. The zero-order valence-electron chi connectivity index (χ0n) is 14.1. The number of sulfone groups is 1. The maximum atomic E-state index is 12.9. The molecule has 1 heterocycles. The normalized spacial score (nSPS) is 16.6. The molecule has 1 aliphatic carbocycles. The average molecular weight is 392 g/mol. The van der Waals surface area contributed by atoms with Crippen LogP contribution in [0.25, 0.3) is 0 Å². The fourth-order valence-corrected chi connectivity index (χ4v) is 5.53. The summed E-state index contributed by atoms with van der Waals surface area (Å²) >= 11 is 1.34. The molecule has 0 radical (unpaired) electrons. The predicted octanol–water partition coefficient (Wildman–Crippen LogP) is 3.30. The van der Waals surface area contributed by atoms with Crippen molar-refractivity contribution in [1.29, 1.82) is 5.26 Å². The molecule has 1 N–H and O–H groups in total. The molecule has 0 fully saturated rings. The topological polar surface area (TPSA) is 87.0 Å². The first-order chi connectivity index (χ1) is 12.3. The Morgan fingerprint density at radius 3 is 2.73 bits per heavy atom. The van der Waals surface area contributed by atoms with Crippen LogP contribution in [0.4, 0.5) is 9.39 Å². The lowest BCUT2D eigenvalue weighted by Crippen LogP contribution is -2.23. The highest BCUT2D eigenvalue weighted by Crippen LogP contribution is 2.39. The van der Waals surface area contributed by atoms with Gasteiger partial charge in [-0.15, -0.1) is 11.3 Å². The quantitative estimate of drug-likeness (QED) is 0.809. The Morgan fingerprint density at radius 1 is 1.38 bits per heavy atom. The van der Waals surface area contributed by atoms with Crippen molar-refractivity contribution in [2.75, 3.05) is 11.1 Å². The minimum absolute atomic E-state index is 0.117. The van der Waals surface area contributed by atoms with Crippen LogP contribution in [0, 0.1) is 23.1 Å². The number of nitrogens with zero attached hydrogens (tertiary/aromatic N) is 1. The second kappa shape index (κ2) is 7.17. The first-order valence-corrected chi connectivity index (χ1v) is 10.6. The fraction of sp³-hybridized carbons (Fsp3) is 0.333. The van der Waals surface area contributed by atoms with Crippen molar-refractivity contribution in [2.24, 2.45) is 5.92 Å². The van der Waals surface area contributed by atoms with Gasteiger partial charge >= 0.3 is 0 Å². The van der Waals surface area contributed by atoms with Gasteiger partial charge in [0.1, 0.15) is 22.6 Å². The minimum Gasteiger partial charge on any atom is -0.316 e. The van der Waals surface area contributed by atoms with E-state index in [0.29, 0.717) is 16.5 Å². The van der Waals surface area contributed by atoms with Gasteiger partial charge in [-0.3, -0.25) is 4.79 Å². The van der Waals surface area contributed by atoms with E-state index in [-0.39, 0.29) is 4.90 Å². The van der Waals surface area contributed by atoms with E-state index >= 15 is 0 Å². The molecule has 0 saturated heterocycles. The first kappa shape index (κ1) is 18.5. The van der Waals surface area contributed by atoms with Crippen LogP contribution in [0.15, 0.2) is 29.2 Å². The summed E-state index contributed by atoms with van der Waals surface area (Å²) in [6, 6.07) is 6.46. The van der Waals surface area contributed by atoms with Crippen LogP contribution in [0.5, 0.6) is 0 Å². The Morgan fingerprint density at radius 2 is 2.08 bits per heavy atom. The van der Waals surface area contributed by atoms with Crippen molar-refractivity contribution in [3.63, 3.8) is 0 Å². The average Bonchev–Trinajstić information content (AvgIpc) is 2.90. The summed E-state index contributed by atoms with van der Waals surface area (Å²) in [6.45, 7) is 2.14. The molecule has 26 heavy (non-hydrogen) atoms. The number of fused-ring (bicyclic) bond motifs is 1. The number of nitrogens with one attached hydrogen (secondary N) is 1. The second-order valence-electron chi connectivity index (χ2n) is 6.43. The maximum absolute atomic E-state index is 12.9. The third-order valence-electron chi connectivity index (χ3n) is 4.37. The van der Waals surface area contributed by atoms with E-state index in [0.717, 1.165) is 54.0 Å². The van der Waals surface area contributed by atoms with E-state index in [1.165, 1.54) is 11.3 Å². The molecule has 1 amide bonds. The maximum Gasteiger partial charge on any atom is 0.240 e. The molecule has 1 aliphatic rings. The summed E-state index contributed by atoms with van der Waals surface area (Å²) in [7, 11) is -3.88. The van der Waals surface area contributed by atoms with Crippen molar-refractivity contribution in [2.45, 2.75) is 31.1 Å². The number of anilines is 1. The van der Waals surface area contributed by atoms with Gasteiger partial charge in [-0.1, -0.05) is 6.92 Å². The van der Waals surface area contributed by atoms with Crippen molar-refractivity contribution < 1.29 is 17.6 Å². The van der Waals surface area contributed by atoms with Gasteiger partial charge in [-0.2, -0.15) is 5.26 Å². The standard InChI is InChI=1S/C18H17FN2O3S2/c1-11-2-7-14-15(9-20)18(25-16(14)8-11)21-17(22)10-26(23,24)13-5-3-12(19)4-6-13/h3-6,11H,2,7-8,10H2,1H3,(H,21,22). The van der Waals surface area contributed by atoms with E-state index in [4.69, 9.17) is 0 Å². The lowest BCUT2D eigenvalue weighted by molar-refractivity contribution is -0.113. The van der Waals surface area contributed by atoms with E-state index < -0.39 is 27.3 Å². The number of halogens is 1. The number of thiophene rings is 1. The molecule has 5 nitrogen and oxygen atoms in total. The Hall–Kier alpha value is -2.24. The zero-order valence-corrected chi connectivity index (χ0v) is 15.7. The van der Waals surface area contributed by atoms with Crippen molar-refractivity contribution in [3.8, 4) is 6.07 Å². The Kier molecular flexibility index (Phi) is 5.12. The molecule has 2 aromatic rings. The van der Waals surface area contributed by atoms with Gasteiger partial charge in [-0.05, 0) is 55.0 Å². The Bertz CT molecular complexity index is 989. The van der Waals surface area contributed by atoms with Crippen LogP contribution >= 0.6 is 11.3 Å². The molecule has 1 aromatic heterocycles. The summed E-state index contributed by atoms with van der Waals surface area (Å²) in [6.07, 6.45) is 2.64. The third kappa shape index (κ3) is 3.79. The van der Waals surface area contributed by atoms with Crippen molar-refractivity contribution in [3.05, 3.63) is 46.1 Å². The van der Waals surface area contributed by atoms with Crippen molar-refractivity contribution >= 4 is 32.1 Å². The molecule has 1 aromatic carbocycles. The van der Waals surface area contributed by atoms with Gasteiger partial charge in [0.25, 0.3) is 0 Å². The number of benzene rings is 1. The van der Waals surface area contributed by atoms with Crippen LogP contribution in [0.2, 0.25) is 0 Å². The summed E-state index contributed by atoms with van der Waals surface area (Å²) in [5.41, 5.74) is 1.40. The number of carbonyl (C=O) groups excluding carboxylic acids is 1. The van der Waals surface area contributed by atoms with E-state index in [9.17, 15) is 22.9 Å². The first-order valence-electron chi connectivity index (χ1n) is 8.13. The molecule has 1 unspecified atom stereocenters. The number of carbonyl (C=O) groups is 1. The van der Waals surface area contributed by atoms with Gasteiger partial charge < -0.3 is 5.32 Å². The molecular weight excluding hydrogens is 375 g/mol. The SMILES string of the molecule is CC1CCc2c(sc(NC(=O)CS(=O)(=O)c3ccc(F)cc3)c2C#N)C1. The van der Waals surface area contributed by atoms with Gasteiger partial charge in [0, 0.05) is 4.88 Å². The van der Waals surface area contributed by atoms with Crippen LogP contribution < -0.4 is 5.32 Å². The molecule has 1 atom stereocenters. The van der Waals surface area contributed by atoms with E-state index in [2.05, 4.69) is 18.3 Å². The molecule has 3 rings (SSSR count). The van der Waals surface area contributed by atoms with Crippen LogP contribution in [-0.2, 0) is 27.5 Å². The number of hydrogen-bond acceptors (Lipinski definition) is 5. The highest BCUT2D eigenvalue weighted by atomic mass is 32.2. The van der Waals surface area contributed by atoms with Crippen LogP contribution in [-0.4, -0.2) is 20.1 Å². The minimum atomic E-state index is -3.88. The molecule has 0 saturated carbocycles. The van der Waals surface area contributed by atoms with Gasteiger partial charge in [0.05, 0.1) is 10.5 Å². The van der Waals surface area contributed by atoms with Crippen LogP contribution in [0.1, 0.15) is 29.3 Å². The zero-order chi connectivity index (χ0) is 18.9. The molecule has 136 valence electrons. The molecular formula is C18H17FN2O3S2. The van der Waals surface area contributed by atoms with Crippen LogP contribution in [0.3, 0.4) is 0 Å².